The summed E-state index contributed by atoms with van der Waals surface area (Å²) in [4.78, 5) is 0. The summed E-state index contributed by atoms with van der Waals surface area (Å²) in [6.07, 6.45) is 0. The van der Waals surface area contributed by atoms with E-state index in [1.54, 1.807) is 0 Å². The Morgan fingerprint density at radius 1 is 0.221 bits per heavy atom. The monoisotopic (exact) mass is 878 g/mol. The van der Waals surface area contributed by atoms with E-state index in [0.717, 1.165) is 0 Å². The van der Waals surface area contributed by atoms with Gasteiger partial charge in [0.05, 0.1) is 0 Å². The van der Waals surface area contributed by atoms with Crippen molar-refractivity contribution < 1.29 is 0 Å². The molecule has 0 saturated heterocycles. The summed E-state index contributed by atoms with van der Waals surface area (Å²) in [6, 6.07) is 61.6. The predicted molar refractivity (Wildman–Crippen MR) is 296 cm³/mol. The van der Waals surface area contributed by atoms with Crippen LogP contribution < -0.4 is 0 Å². The molecule has 12 rings (SSSR count). The van der Waals surface area contributed by atoms with Gasteiger partial charge in [-0.25, -0.2) is 0 Å². The van der Waals surface area contributed by atoms with Crippen molar-refractivity contribution >= 4 is 43.1 Å². The lowest BCUT2D eigenvalue weighted by molar-refractivity contribution is 0.568. The van der Waals surface area contributed by atoms with Crippen molar-refractivity contribution in [1.29, 1.82) is 0 Å². The van der Waals surface area contributed by atoms with E-state index in [-0.39, 0.29) is 21.7 Å². The van der Waals surface area contributed by atoms with Crippen LogP contribution in [0.25, 0.3) is 121 Å². The van der Waals surface area contributed by atoms with Gasteiger partial charge in [0.1, 0.15) is 0 Å². The van der Waals surface area contributed by atoms with Gasteiger partial charge in [-0.05, 0) is 165 Å². The molecule has 0 heteroatoms. The third kappa shape index (κ3) is 6.25. The van der Waals surface area contributed by atoms with Crippen LogP contribution in [0.1, 0.15) is 105 Å². The summed E-state index contributed by atoms with van der Waals surface area (Å²) in [5.74, 6) is 0. The van der Waals surface area contributed by atoms with Gasteiger partial charge in [-0.1, -0.05) is 241 Å². The second kappa shape index (κ2) is 14.4. The smallest absolute Gasteiger partial charge is 0.000741 e. The SMILES string of the molecule is CC(C)(C)c1cc(-c2c3c(c(-c4cc(C(C)(C)C)cc(C(C)(C)C)c4)c4ccccc24)-c2ccc(-c4c5ccccc5c5c6c(cccc46)-c4ccccc4-5)c4cccc-3c24)cc(C(C)(C)C)c1. The average Bonchev–Trinajstić information content (AvgIpc) is 3.82. The largest absolute Gasteiger partial charge is 0.0616 e. The molecule has 10 aromatic rings. The van der Waals surface area contributed by atoms with Gasteiger partial charge >= 0.3 is 0 Å². The molecule has 0 unspecified atom stereocenters. The quantitative estimate of drug-likeness (QED) is 0.155. The molecule has 68 heavy (non-hydrogen) atoms. The van der Waals surface area contributed by atoms with Gasteiger partial charge in [0.25, 0.3) is 0 Å². The molecule has 0 nitrogen and oxygen atoms in total. The molecular weight excluding hydrogens is 817 g/mol. The Hall–Kier alpha value is -6.76. The van der Waals surface area contributed by atoms with E-state index in [1.807, 2.05) is 0 Å². The molecule has 0 spiro atoms. The molecule has 0 radical (unpaired) electrons. The minimum Gasteiger partial charge on any atom is -0.0616 e. The van der Waals surface area contributed by atoms with Crippen molar-refractivity contribution in [2.24, 2.45) is 0 Å². The predicted octanol–water partition coefficient (Wildman–Crippen LogP) is 19.8. The zero-order valence-corrected chi connectivity index (χ0v) is 42.0. The standard InChI is InChI=1S/C68H62/c1-65(2,3)41-33-39(34-42(37-41)66(4,5)6)57-48-23-15-16-24-49(48)58(40-35-43(67(7,8)9)38-44(36-40)68(10,11)12)64-56-32-31-53(51-28-20-30-55(60(51)56)63(57)64)59-50-25-17-18-26-52(50)61-46-22-14-13-21-45(46)47-27-19-29-54(59)62(47)61/h13-38H,1-12H3. The van der Waals surface area contributed by atoms with Crippen LogP contribution in [0.4, 0.5) is 0 Å². The maximum atomic E-state index is 2.51. The number of hydrogen-bond acceptors (Lipinski definition) is 0. The maximum absolute atomic E-state index is 2.51. The van der Waals surface area contributed by atoms with E-state index in [4.69, 9.17) is 0 Å². The van der Waals surface area contributed by atoms with E-state index in [1.165, 1.54) is 143 Å². The average molecular weight is 879 g/mol. The van der Waals surface area contributed by atoms with Crippen molar-refractivity contribution in [3.63, 3.8) is 0 Å². The summed E-state index contributed by atoms with van der Waals surface area (Å²) < 4.78 is 0. The van der Waals surface area contributed by atoms with Gasteiger partial charge in [-0.15, -0.1) is 0 Å². The first-order valence-electron chi connectivity index (χ1n) is 24.8. The first kappa shape index (κ1) is 42.6. The number of hydrogen-bond donors (Lipinski definition) is 0. The Morgan fingerprint density at radius 2 is 0.574 bits per heavy atom. The lowest BCUT2D eigenvalue weighted by Gasteiger charge is -2.29. The van der Waals surface area contributed by atoms with Crippen LogP contribution in [-0.4, -0.2) is 0 Å². The van der Waals surface area contributed by atoms with Gasteiger partial charge in [-0.3, -0.25) is 0 Å². The molecule has 0 aliphatic heterocycles. The van der Waals surface area contributed by atoms with Crippen molar-refractivity contribution in [3.8, 4) is 77.9 Å². The van der Waals surface area contributed by atoms with Crippen LogP contribution in [0.3, 0.4) is 0 Å². The normalized spacial score (nSPS) is 13.3. The molecule has 0 N–H and O–H groups in total. The minimum absolute atomic E-state index is 0.0344. The first-order valence-corrected chi connectivity index (χ1v) is 24.8. The first-order chi connectivity index (χ1) is 32.3. The van der Waals surface area contributed by atoms with Crippen molar-refractivity contribution in [2.45, 2.75) is 105 Å². The second-order valence-electron chi connectivity index (χ2n) is 24.1. The van der Waals surface area contributed by atoms with E-state index >= 15 is 0 Å². The zero-order chi connectivity index (χ0) is 47.4. The van der Waals surface area contributed by atoms with Gasteiger partial charge in [-0.2, -0.15) is 0 Å². The Morgan fingerprint density at radius 3 is 1.06 bits per heavy atom. The van der Waals surface area contributed by atoms with Gasteiger partial charge in [0.2, 0.25) is 0 Å². The number of rotatable bonds is 3. The van der Waals surface area contributed by atoms with Crippen LogP contribution in [0, 0.1) is 0 Å². The molecule has 0 amide bonds. The van der Waals surface area contributed by atoms with Crippen LogP contribution in [0.2, 0.25) is 0 Å². The molecule has 10 aromatic carbocycles. The molecule has 0 fully saturated rings. The van der Waals surface area contributed by atoms with Gasteiger partial charge in [0, 0.05) is 0 Å². The van der Waals surface area contributed by atoms with E-state index in [0.29, 0.717) is 0 Å². The maximum Gasteiger partial charge on any atom is -0.000741 e. The van der Waals surface area contributed by atoms with Gasteiger partial charge < -0.3 is 0 Å². The van der Waals surface area contributed by atoms with Crippen molar-refractivity contribution in [1.82, 2.24) is 0 Å². The summed E-state index contributed by atoms with van der Waals surface area (Å²) in [5.41, 5.74) is 23.9. The minimum atomic E-state index is -0.0344. The molecule has 0 bridgehead atoms. The van der Waals surface area contributed by atoms with Crippen LogP contribution in [-0.2, 0) is 21.7 Å². The molecule has 0 atom stereocenters. The molecule has 0 aromatic heterocycles. The van der Waals surface area contributed by atoms with Crippen LogP contribution in [0.5, 0.6) is 0 Å². The third-order valence-corrected chi connectivity index (χ3v) is 15.5. The summed E-state index contributed by atoms with van der Waals surface area (Å²) >= 11 is 0. The summed E-state index contributed by atoms with van der Waals surface area (Å²) in [5, 5.41) is 10.5. The highest BCUT2D eigenvalue weighted by atomic mass is 14.4. The van der Waals surface area contributed by atoms with Crippen LogP contribution in [0.15, 0.2) is 158 Å². The summed E-state index contributed by atoms with van der Waals surface area (Å²) in [7, 11) is 0. The van der Waals surface area contributed by atoms with Crippen molar-refractivity contribution in [2.75, 3.05) is 0 Å². The zero-order valence-electron chi connectivity index (χ0n) is 42.0. The van der Waals surface area contributed by atoms with E-state index < -0.39 is 0 Å². The topological polar surface area (TPSA) is 0 Å². The Bertz CT molecular complexity index is 3610. The molecule has 2 aliphatic rings. The van der Waals surface area contributed by atoms with E-state index in [2.05, 4.69) is 241 Å². The lowest BCUT2D eigenvalue weighted by atomic mass is 9.75. The molecule has 0 heterocycles. The Balaban J connectivity index is 1.25. The Labute approximate surface area is 403 Å². The fourth-order valence-corrected chi connectivity index (χ4v) is 11.9. The van der Waals surface area contributed by atoms with Crippen molar-refractivity contribution in [3.05, 3.63) is 180 Å². The Kier molecular flexibility index (Phi) is 9.01. The lowest BCUT2D eigenvalue weighted by Crippen LogP contribution is -2.17. The van der Waals surface area contributed by atoms with Crippen LogP contribution >= 0.6 is 0 Å². The van der Waals surface area contributed by atoms with Gasteiger partial charge in [0.15, 0.2) is 0 Å². The number of fused-ring (bicyclic) bond motifs is 9. The molecule has 2 aliphatic carbocycles. The summed E-state index contributed by atoms with van der Waals surface area (Å²) in [6.45, 7) is 28.3. The highest BCUT2D eigenvalue weighted by molar-refractivity contribution is 6.33. The highest BCUT2D eigenvalue weighted by Crippen LogP contribution is 2.61. The molecular formula is C68H62. The molecule has 334 valence electrons. The fraction of sp³-hybridized carbons (Fsp3) is 0.235. The molecule has 0 saturated carbocycles. The fourth-order valence-electron chi connectivity index (χ4n) is 11.9. The third-order valence-electron chi connectivity index (χ3n) is 15.5. The van der Waals surface area contributed by atoms with E-state index in [9.17, 15) is 0 Å². The second-order valence-corrected chi connectivity index (χ2v) is 24.1. The highest BCUT2D eigenvalue weighted by Gasteiger charge is 2.35. The number of benzene rings is 10.